The molecule has 0 spiro atoms. The molecule has 0 unspecified atom stereocenters. The van der Waals surface area contributed by atoms with E-state index in [9.17, 15) is 17.6 Å². The number of halogens is 6. The van der Waals surface area contributed by atoms with Crippen LogP contribution in [0.1, 0.15) is 22.7 Å². The number of piperazine rings is 1. The van der Waals surface area contributed by atoms with Crippen molar-refractivity contribution < 1.29 is 17.6 Å². The molecule has 2 nitrogen and oxygen atoms in total. The van der Waals surface area contributed by atoms with Gasteiger partial charge in [0.05, 0.1) is 16.6 Å². The van der Waals surface area contributed by atoms with Crippen LogP contribution in [-0.2, 0) is 6.18 Å². The van der Waals surface area contributed by atoms with Crippen LogP contribution < -0.4 is 5.32 Å². The van der Waals surface area contributed by atoms with Gasteiger partial charge in [0.25, 0.3) is 0 Å². The highest BCUT2D eigenvalue weighted by Gasteiger charge is 2.40. The fraction of sp³-hybridized carbons (Fsp3) is 0.375. The van der Waals surface area contributed by atoms with Crippen molar-refractivity contribution in [2.24, 2.45) is 0 Å². The summed E-state index contributed by atoms with van der Waals surface area (Å²) in [4.78, 5) is 1.86. The maximum Gasteiger partial charge on any atom is 0.416 e. The van der Waals surface area contributed by atoms with Gasteiger partial charge in [-0.2, -0.15) is 24.5 Å². The van der Waals surface area contributed by atoms with Gasteiger partial charge < -0.3 is 5.32 Å². The molecule has 2 aromatic rings. The molecule has 9 heteroatoms. The number of nitrogens with zero attached hydrogens (tertiary/aromatic N) is 1. The summed E-state index contributed by atoms with van der Waals surface area (Å²) in [6.07, 6.45) is -4.65. The summed E-state index contributed by atoms with van der Waals surface area (Å²) in [5.41, 5.74) is -0.719. The zero-order valence-electron chi connectivity index (χ0n) is 12.9. The van der Waals surface area contributed by atoms with Crippen LogP contribution in [0.15, 0.2) is 29.0 Å². The molecule has 3 rings (SSSR count). The maximum absolute atomic E-state index is 14.7. The molecule has 0 bridgehead atoms. The maximum atomic E-state index is 14.7. The molecular formula is C16H16Cl2F4N2S. The topological polar surface area (TPSA) is 15.3 Å². The lowest BCUT2D eigenvalue weighted by Crippen LogP contribution is -2.46. The minimum Gasteiger partial charge on any atom is -0.314 e. The summed E-state index contributed by atoms with van der Waals surface area (Å²) in [7, 11) is 0. The molecule has 1 N–H and O–H groups in total. The number of benzene rings is 1. The Kier molecular flexibility index (Phi) is 6.73. The van der Waals surface area contributed by atoms with E-state index in [2.05, 4.69) is 5.32 Å². The first-order valence-corrected chi connectivity index (χ1v) is 8.73. The van der Waals surface area contributed by atoms with Gasteiger partial charge in [-0.25, -0.2) is 4.39 Å². The SMILES string of the molecule is Cl.Fc1c(Cl)ccc(C(F)(F)F)c1[C@H](c1ccsc1)N1CCNCC1. The molecule has 1 saturated heterocycles. The Labute approximate surface area is 158 Å². The Hall–Kier alpha value is -0.860. The molecular weight excluding hydrogens is 399 g/mol. The van der Waals surface area contributed by atoms with Crippen LogP contribution in [0, 0.1) is 5.82 Å². The Bertz CT molecular complexity index is 701. The van der Waals surface area contributed by atoms with E-state index in [1.165, 1.54) is 11.3 Å². The van der Waals surface area contributed by atoms with Crippen LogP contribution in [-0.4, -0.2) is 31.1 Å². The fourth-order valence-corrected chi connectivity index (χ4v) is 3.86. The summed E-state index contributed by atoms with van der Waals surface area (Å²) in [6, 6.07) is 2.75. The summed E-state index contributed by atoms with van der Waals surface area (Å²) >= 11 is 7.18. The molecule has 1 aromatic heterocycles. The van der Waals surface area contributed by atoms with E-state index in [0.29, 0.717) is 31.7 Å². The van der Waals surface area contributed by atoms with Crippen LogP contribution in [0.25, 0.3) is 0 Å². The third-order valence-electron chi connectivity index (χ3n) is 4.09. The number of nitrogens with one attached hydrogen (secondary N) is 1. The number of hydrogen-bond donors (Lipinski definition) is 1. The molecule has 1 aromatic carbocycles. The summed E-state index contributed by atoms with van der Waals surface area (Å²) in [6.45, 7) is 2.35. The summed E-state index contributed by atoms with van der Waals surface area (Å²) in [5.74, 6) is -0.999. The van der Waals surface area contributed by atoms with E-state index >= 15 is 0 Å². The Balaban J connectivity index is 0.00000225. The molecule has 1 fully saturated rings. The van der Waals surface area contributed by atoms with Crippen LogP contribution >= 0.6 is 35.3 Å². The van der Waals surface area contributed by atoms with Crippen LogP contribution in [0.2, 0.25) is 5.02 Å². The van der Waals surface area contributed by atoms with Gasteiger partial charge in [-0.15, -0.1) is 12.4 Å². The zero-order valence-corrected chi connectivity index (χ0v) is 15.3. The lowest BCUT2D eigenvalue weighted by molar-refractivity contribution is -0.138. The van der Waals surface area contributed by atoms with Gasteiger partial charge in [-0.05, 0) is 34.5 Å². The van der Waals surface area contributed by atoms with Gasteiger partial charge in [-0.3, -0.25) is 4.90 Å². The van der Waals surface area contributed by atoms with Crippen molar-refractivity contribution in [1.29, 1.82) is 0 Å². The fourth-order valence-electron chi connectivity index (χ4n) is 3.01. The first kappa shape index (κ1) is 20.5. The van der Waals surface area contributed by atoms with E-state index in [1.54, 1.807) is 16.8 Å². The summed E-state index contributed by atoms with van der Waals surface area (Å²) in [5, 5.41) is 6.39. The minimum absolute atomic E-state index is 0. The second-order valence-electron chi connectivity index (χ2n) is 5.57. The average molecular weight is 415 g/mol. The van der Waals surface area contributed by atoms with Gasteiger partial charge >= 0.3 is 6.18 Å². The number of rotatable bonds is 3. The normalized spacial score (nSPS) is 17.2. The Morgan fingerprint density at radius 2 is 1.84 bits per heavy atom. The Morgan fingerprint density at radius 1 is 1.16 bits per heavy atom. The van der Waals surface area contributed by atoms with Crippen LogP contribution in [0.5, 0.6) is 0 Å². The molecule has 0 saturated carbocycles. The number of hydrogen-bond acceptors (Lipinski definition) is 3. The average Bonchev–Trinajstić information content (AvgIpc) is 3.06. The van der Waals surface area contributed by atoms with Crippen molar-refractivity contribution in [3.63, 3.8) is 0 Å². The standard InChI is InChI=1S/C16H15ClF4N2S.ClH/c17-12-2-1-11(16(19,20)21)13(14(12)18)15(10-3-8-24-9-10)23-6-4-22-5-7-23;/h1-3,8-9,15,22H,4-7H2;1H/t15-;/m0./s1. The summed E-state index contributed by atoms with van der Waals surface area (Å²) < 4.78 is 55.2. The lowest BCUT2D eigenvalue weighted by Gasteiger charge is -2.36. The minimum atomic E-state index is -4.65. The van der Waals surface area contributed by atoms with Crippen molar-refractivity contribution in [2.75, 3.05) is 26.2 Å². The smallest absolute Gasteiger partial charge is 0.314 e. The van der Waals surface area contributed by atoms with Gasteiger partial charge in [0.1, 0.15) is 5.82 Å². The van der Waals surface area contributed by atoms with Gasteiger partial charge in [-0.1, -0.05) is 11.6 Å². The van der Waals surface area contributed by atoms with Crippen molar-refractivity contribution in [1.82, 2.24) is 10.2 Å². The Morgan fingerprint density at radius 3 is 2.40 bits per heavy atom. The molecule has 0 aliphatic carbocycles. The third-order valence-corrected chi connectivity index (χ3v) is 5.08. The predicted molar refractivity (Wildman–Crippen MR) is 94.3 cm³/mol. The van der Waals surface area contributed by atoms with Gasteiger partial charge in [0.15, 0.2) is 0 Å². The molecule has 1 atom stereocenters. The third kappa shape index (κ3) is 4.28. The van der Waals surface area contributed by atoms with E-state index in [-0.39, 0.29) is 17.4 Å². The van der Waals surface area contributed by atoms with Crippen molar-refractivity contribution >= 4 is 35.3 Å². The van der Waals surface area contributed by atoms with Crippen molar-refractivity contribution in [3.05, 3.63) is 56.5 Å². The predicted octanol–water partition coefficient (Wildman–Crippen LogP) is 4.98. The monoisotopic (exact) mass is 414 g/mol. The zero-order chi connectivity index (χ0) is 17.3. The van der Waals surface area contributed by atoms with E-state index in [4.69, 9.17) is 11.6 Å². The van der Waals surface area contributed by atoms with Crippen LogP contribution in [0.4, 0.5) is 17.6 Å². The van der Waals surface area contributed by atoms with Crippen LogP contribution in [0.3, 0.4) is 0 Å². The van der Waals surface area contributed by atoms with Crippen molar-refractivity contribution in [3.8, 4) is 0 Å². The molecule has 1 aliphatic heterocycles. The molecule has 0 amide bonds. The molecule has 138 valence electrons. The van der Waals surface area contributed by atoms with Crippen molar-refractivity contribution in [2.45, 2.75) is 12.2 Å². The van der Waals surface area contributed by atoms with Gasteiger partial charge in [0.2, 0.25) is 0 Å². The highest BCUT2D eigenvalue weighted by atomic mass is 35.5. The van der Waals surface area contributed by atoms with E-state index in [1.807, 2.05) is 4.90 Å². The van der Waals surface area contributed by atoms with Gasteiger partial charge in [0, 0.05) is 31.7 Å². The largest absolute Gasteiger partial charge is 0.416 e. The first-order valence-electron chi connectivity index (χ1n) is 7.41. The lowest BCUT2D eigenvalue weighted by atomic mass is 9.93. The highest BCUT2D eigenvalue weighted by molar-refractivity contribution is 7.08. The second-order valence-corrected chi connectivity index (χ2v) is 6.75. The molecule has 1 aliphatic rings. The molecule has 2 heterocycles. The molecule has 0 radical (unpaired) electrons. The van der Waals surface area contributed by atoms with E-state index < -0.39 is 29.2 Å². The quantitative estimate of drug-likeness (QED) is 0.712. The first-order chi connectivity index (χ1) is 11.4. The van der Waals surface area contributed by atoms with E-state index in [0.717, 1.165) is 12.1 Å². The number of alkyl halides is 3. The molecule has 25 heavy (non-hydrogen) atoms. The second kappa shape index (κ2) is 8.22. The number of thiophene rings is 1. The highest BCUT2D eigenvalue weighted by Crippen LogP contribution is 2.42.